The first-order valence-electron chi connectivity index (χ1n) is 8.48. The molecule has 3 heterocycles. The van der Waals surface area contributed by atoms with Gasteiger partial charge >= 0.3 is 0 Å². The molecule has 1 saturated heterocycles. The molecule has 6 nitrogen and oxygen atoms in total. The van der Waals surface area contributed by atoms with Crippen molar-refractivity contribution in [1.82, 2.24) is 20.2 Å². The Kier molecular flexibility index (Phi) is 5.31. The van der Waals surface area contributed by atoms with E-state index in [0.29, 0.717) is 10.6 Å². The summed E-state index contributed by atoms with van der Waals surface area (Å²) in [5, 5.41) is 3.48. The van der Waals surface area contributed by atoms with Crippen molar-refractivity contribution in [2.24, 2.45) is 0 Å². The summed E-state index contributed by atoms with van der Waals surface area (Å²) in [6.07, 6.45) is 3.25. The van der Waals surface area contributed by atoms with Crippen LogP contribution in [0.15, 0.2) is 24.5 Å². The van der Waals surface area contributed by atoms with Crippen LogP contribution in [0.3, 0.4) is 0 Å². The van der Waals surface area contributed by atoms with E-state index in [4.69, 9.17) is 0 Å². The normalized spacial score (nSPS) is 16.3. The highest BCUT2D eigenvalue weighted by Gasteiger charge is 2.42. The van der Waals surface area contributed by atoms with E-state index in [2.05, 4.69) is 15.3 Å². The predicted molar refractivity (Wildman–Crippen MR) is 96.6 cm³/mol. The van der Waals surface area contributed by atoms with Crippen molar-refractivity contribution in [1.29, 1.82) is 0 Å². The third-order valence-electron chi connectivity index (χ3n) is 4.55. The number of aryl methyl sites for hydroxylation is 2. The predicted octanol–water partition coefficient (Wildman–Crippen LogP) is 2.42. The minimum atomic E-state index is -1.94. The fraction of sp³-hybridized carbons (Fsp3) is 0.444. The molecule has 2 amide bonds. The third kappa shape index (κ3) is 3.90. The topological polar surface area (TPSA) is 75.2 Å². The monoisotopic (exact) mass is 376 g/mol. The Hall–Kier alpha value is -2.35. The van der Waals surface area contributed by atoms with Crippen LogP contribution >= 0.6 is 11.3 Å². The van der Waals surface area contributed by atoms with Gasteiger partial charge in [-0.25, -0.2) is 9.37 Å². The number of piperidine rings is 1. The SMILES string of the molecule is Cc1nc(C)c(C(=O)N2CCC(F)(C(=O)NCc3ccncc3)CC2)s1. The van der Waals surface area contributed by atoms with E-state index in [1.807, 2.05) is 6.92 Å². The van der Waals surface area contributed by atoms with Crippen molar-refractivity contribution in [3.8, 4) is 0 Å². The summed E-state index contributed by atoms with van der Waals surface area (Å²) in [5.41, 5.74) is -0.382. The van der Waals surface area contributed by atoms with Crippen LogP contribution in [-0.4, -0.2) is 45.4 Å². The van der Waals surface area contributed by atoms with Crippen LogP contribution in [0.2, 0.25) is 0 Å². The Morgan fingerprint density at radius 3 is 2.50 bits per heavy atom. The molecule has 1 fully saturated rings. The van der Waals surface area contributed by atoms with Crippen LogP contribution in [0.5, 0.6) is 0 Å². The average Bonchev–Trinajstić information content (AvgIpc) is 2.98. The zero-order chi connectivity index (χ0) is 18.7. The molecule has 1 aliphatic rings. The van der Waals surface area contributed by atoms with E-state index in [-0.39, 0.29) is 38.4 Å². The van der Waals surface area contributed by atoms with Crippen molar-refractivity contribution >= 4 is 23.2 Å². The number of aromatic nitrogens is 2. The van der Waals surface area contributed by atoms with Crippen molar-refractivity contribution in [3.05, 3.63) is 45.7 Å². The average molecular weight is 376 g/mol. The van der Waals surface area contributed by atoms with Gasteiger partial charge in [-0.15, -0.1) is 11.3 Å². The van der Waals surface area contributed by atoms with Gasteiger partial charge in [0.1, 0.15) is 4.88 Å². The fourth-order valence-electron chi connectivity index (χ4n) is 3.01. The molecule has 1 N–H and O–H groups in total. The van der Waals surface area contributed by atoms with Crippen molar-refractivity contribution < 1.29 is 14.0 Å². The molecule has 8 heteroatoms. The van der Waals surface area contributed by atoms with Gasteiger partial charge in [0.15, 0.2) is 5.67 Å². The van der Waals surface area contributed by atoms with Crippen LogP contribution in [0.4, 0.5) is 4.39 Å². The second-order valence-corrected chi connectivity index (χ2v) is 7.65. The molecule has 26 heavy (non-hydrogen) atoms. The Labute approximate surface area is 155 Å². The second-order valence-electron chi connectivity index (χ2n) is 6.44. The van der Waals surface area contributed by atoms with Crippen LogP contribution in [0.25, 0.3) is 0 Å². The van der Waals surface area contributed by atoms with Gasteiger partial charge in [0.25, 0.3) is 11.8 Å². The molecule has 0 unspecified atom stereocenters. The molecule has 138 valence electrons. The summed E-state index contributed by atoms with van der Waals surface area (Å²) >= 11 is 1.35. The summed E-state index contributed by atoms with van der Waals surface area (Å²) in [6.45, 7) is 4.34. The number of carbonyl (C=O) groups is 2. The van der Waals surface area contributed by atoms with Crippen molar-refractivity contribution in [2.75, 3.05) is 13.1 Å². The number of halogens is 1. The van der Waals surface area contributed by atoms with Gasteiger partial charge in [-0.1, -0.05) is 0 Å². The zero-order valence-electron chi connectivity index (χ0n) is 14.8. The van der Waals surface area contributed by atoms with Crippen LogP contribution < -0.4 is 5.32 Å². The summed E-state index contributed by atoms with van der Waals surface area (Å²) < 4.78 is 15.0. The lowest BCUT2D eigenvalue weighted by molar-refractivity contribution is -0.135. The van der Waals surface area contributed by atoms with Gasteiger partial charge in [-0.2, -0.15) is 0 Å². The smallest absolute Gasteiger partial charge is 0.265 e. The van der Waals surface area contributed by atoms with Gasteiger partial charge in [-0.3, -0.25) is 14.6 Å². The molecule has 0 bridgehead atoms. The van der Waals surface area contributed by atoms with Crippen LogP contribution in [-0.2, 0) is 11.3 Å². The fourth-order valence-corrected chi connectivity index (χ4v) is 3.89. The number of hydrogen-bond donors (Lipinski definition) is 1. The first-order valence-corrected chi connectivity index (χ1v) is 9.30. The Bertz CT molecular complexity index is 801. The van der Waals surface area contributed by atoms with Gasteiger partial charge in [-0.05, 0) is 31.5 Å². The van der Waals surface area contributed by atoms with E-state index in [1.54, 1.807) is 36.4 Å². The first kappa shape index (κ1) is 18.4. The molecule has 3 rings (SSSR count). The summed E-state index contributed by atoms with van der Waals surface area (Å²) in [4.78, 5) is 35.2. The zero-order valence-corrected chi connectivity index (χ0v) is 15.6. The molecule has 0 spiro atoms. The lowest BCUT2D eigenvalue weighted by Crippen LogP contribution is -2.52. The molecular weight excluding hydrogens is 355 g/mol. The van der Waals surface area contributed by atoms with E-state index in [1.165, 1.54) is 11.3 Å². The second kappa shape index (κ2) is 7.49. The molecule has 0 aromatic carbocycles. The Morgan fingerprint density at radius 2 is 1.92 bits per heavy atom. The maximum absolute atomic E-state index is 15.0. The third-order valence-corrected chi connectivity index (χ3v) is 5.61. The Morgan fingerprint density at radius 1 is 1.27 bits per heavy atom. The van der Waals surface area contributed by atoms with Crippen molar-refractivity contribution in [3.63, 3.8) is 0 Å². The highest BCUT2D eigenvalue weighted by Crippen LogP contribution is 2.29. The van der Waals surface area contributed by atoms with Gasteiger partial charge in [0.2, 0.25) is 0 Å². The minimum absolute atomic E-state index is 0.00223. The largest absolute Gasteiger partial charge is 0.349 e. The summed E-state index contributed by atoms with van der Waals surface area (Å²) in [7, 11) is 0. The molecule has 0 aliphatic carbocycles. The number of rotatable bonds is 4. The number of nitrogens with one attached hydrogen (secondary N) is 1. The number of nitrogens with zero attached hydrogens (tertiary/aromatic N) is 3. The number of amides is 2. The number of pyridine rings is 1. The molecule has 0 radical (unpaired) electrons. The number of likely N-dealkylation sites (tertiary alicyclic amines) is 1. The number of alkyl halides is 1. The highest BCUT2D eigenvalue weighted by atomic mass is 32.1. The Balaban J connectivity index is 1.57. The molecule has 2 aromatic rings. The van der Waals surface area contributed by atoms with Gasteiger partial charge in [0, 0.05) is 44.9 Å². The minimum Gasteiger partial charge on any atom is -0.349 e. The maximum atomic E-state index is 15.0. The highest BCUT2D eigenvalue weighted by molar-refractivity contribution is 7.13. The summed E-state index contributed by atoms with van der Waals surface area (Å²) in [5.74, 6) is -0.751. The van der Waals surface area contributed by atoms with E-state index >= 15 is 4.39 Å². The number of thiazole rings is 1. The van der Waals surface area contributed by atoms with Gasteiger partial charge in [0.05, 0.1) is 10.7 Å². The van der Waals surface area contributed by atoms with Gasteiger partial charge < -0.3 is 10.2 Å². The molecule has 0 saturated carbocycles. The molecule has 0 atom stereocenters. The molecular formula is C18H21FN4O2S. The van der Waals surface area contributed by atoms with E-state index in [0.717, 1.165) is 10.6 Å². The molecule has 1 aliphatic heterocycles. The summed E-state index contributed by atoms with van der Waals surface area (Å²) in [6, 6.07) is 3.54. The van der Waals surface area contributed by atoms with E-state index < -0.39 is 11.6 Å². The van der Waals surface area contributed by atoms with Crippen molar-refractivity contribution in [2.45, 2.75) is 38.9 Å². The lowest BCUT2D eigenvalue weighted by atomic mass is 9.92. The number of carbonyl (C=O) groups excluding carboxylic acids is 2. The number of hydrogen-bond acceptors (Lipinski definition) is 5. The molecule has 2 aromatic heterocycles. The first-order chi connectivity index (χ1) is 12.4. The lowest BCUT2D eigenvalue weighted by Gasteiger charge is -2.35. The van der Waals surface area contributed by atoms with Crippen LogP contribution in [0.1, 0.15) is 38.8 Å². The van der Waals surface area contributed by atoms with Crippen LogP contribution in [0, 0.1) is 13.8 Å². The maximum Gasteiger partial charge on any atom is 0.265 e. The quantitative estimate of drug-likeness (QED) is 0.889. The van der Waals surface area contributed by atoms with E-state index in [9.17, 15) is 9.59 Å². The standard InChI is InChI=1S/C18H21FN4O2S/c1-12-15(26-13(2)22-12)16(24)23-9-5-18(19,6-10-23)17(25)21-11-14-3-7-20-8-4-14/h3-4,7-8H,5-6,9-11H2,1-2H3,(H,21,25).